The molecule has 1 fully saturated rings. The van der Waals surface area contributed by atoms with Gasteiger partial charge in [0.05, 0.1) is 12.3 Å². The van der Waals surface area contributed by atoms with E-state index in [0.717, 1.165) is 36.7 Å². The van der Waals surface area contributed by atoms with Crippen LogP contribution in [-0.4, -0.2) is 35.3 Å². The number of hydrogen-bond acceptors (Lipinski definition) is 5. The Hall–Kier alpha value is -0.980. The zero-order valence-corrected chi connectivity index (χ0v) is 8.92. The molecule has 0 bridgehead atoms. The predicted octanol–water partition coefficient (Wildman–Crippen LogP) is 0.720. The lowest BCUT2D eigenvalue weighted by atomic mass is 10.2. The van der Waals surface area contributed by atoms with E-state index >= 15 is 0 Å². The van der Waals surface area contributed by atoms with Crippen LogP contribution in [0.5, 0.6) is 0 Å². The number of rotatable bonds is 4. The maximum atomic E-state index is 10.6. The molecule has 2 heterocycles. The molecule has 6 heteroatoms. The van der Waals surface area contributed by atoms with Gasteiger partial charge in [0.2, 0.25) is 5.01 Å². The molecule has 2 N–H and O–H groups in total. The Balaban J connectivity index is 1.84. The monoisotopic (exact) mass is 228 g/mol. The summed E-state index contributed by atoms with van der Waals surface area (Å²) in [6, 6.07) is 0.375. The molecule has 0 radical (unpaired) electrons. The molecule has 1 aliphatic rings. The highest BCUT2D eigenvalue weighted by Crippen LogP contribution is 2.10. The molecule has 1 unspecified atom stereocenters. The number of carboxylic acid groups (broad SMARTS) is 1. The van der Waals surface area contributed by atoms with Gasteiger partial charge in [-0.25, -0.2) is 9.78 Å². The minimum atomic E-state index is -0.963. The van der Waals surface area contributed by atoms with Crippen LogP contribution in [-0.2, 0) is 11.3 Å². The van der Waals surface area contributed by atoms with Gasteiger partial charge in [-0.05, 0) is 6.42 Å². The summed E-state index contributed by atoms with van der Waals surface area (Å²) >= 11 is 1.16. The number of carboxylic acids is 1. The van der Waals surface area contributed by atoms with Gasteiger partial charge in [-0.1, -0.05) is 0 Å². The molecule has 1 aromatic heterocycles. The van der Waals surface area contributed by atoms with Crippen LogP contribution in [0.25, 0.3) is 0 Å². The summed E-state index contributed by atoms with van der Waals surface area (Å²) in [6.45, 7) is 2.14. The van der Waals surface area contributed by atoms with Crippen molar-refractivity contribution in [1.29, 1.82) is 0 Å². The molecule has 2 rings (SSSR count). The minimum absolute atomic E-state index is 0.148. The van der Waals surface area contributed by atoms with Crippen LogP contribution in [0.1, 0.15) is 21.9 Å². The highest BCUT2D eigenvalue weighted by Gasteiger charge is 2.15. The van der Waals surface area contributed by atoms with Gasteiger partial charge >= 0.3 is 5.97 Å². The van der Waals surface area contributed by atoms with E-state index < -0.39 is 5.97 Å². The Bertz CT molecular complexity index is 347. The van der Waals surface area contributed by atoms with E-state index in [1.807, 2.05) is 0 Å². The van der Waals surface area contributed by atoms with E-state index in [2.05, 4.69) is 10.3 Å². The first kappa shape index (κ1) is 10.5. The predicted molar refractivity (Wildman–Crippen MR) is 55.1 cm³/mol. The van der Waals surface area contributed by atoms with Crippen molar-refractivity contribution in [2.24, 2.45) is 0 Å². The highest BCUT2D eigenvalue weighted by molar-refractivity contribution is 7.11. The van der Waals surface area contributed by atoms with E-state index in [1.165, 1.54) is 0 Å². The van der Waals surface area contributed by atoms with Crippen molar-refractivity contribution < 1.29 is 14.6 Å². The SMILES string of the molecule is O=C(O)c1nc(CNC2CCOC2)cs1. The Morgan fingerprint density at radius 3 is 3.27 bits per heavy atom. The van der Waals surface area contributed by atoms with E-state index in [4.69, 9.17) is 9.84 Å². The second-order valence-corrected chi connectivity index (χ2v) is 4.25. The van der Waals surface area contributed by atoms with Gasteiger partial charge in [-0.15, -0.1) is 11.3 Å². The topological polar surface area (TPSA) is 71.5 Å². The first-order chi connectivity index (χ1) is 7.25. The fourth-order valence-corrected chi connectivity index (χ4v) is 2.09. The third-order valence-electron chi connectivity index (χ3n) is 2.24. The lowest BCUT2D eigenvalue weighted by molar-refractivity contribution is 0.0696. The van der Waals surface area contributed by atoms with Crippen LogP contribution in [0.2, 0.25) is 0 Å². The maximum Gasteiger partial charge on any atom is 0.365 e. The van der Waals surface area contributed by atoms with E-state index in [9.17, 15) is 4.79 Å². The number of carbonyl (C=O) groups is 1. The fraction of sp³-hybridized carbons (Fsp3) is 0.556. The molecule has 1 atom stereocenters. The largest absolute Gasteiger partial charge is 0.476 e. The standard InChI is InChI=1S/C9H12N2O3S/c12-9(13)8-11-7(5-15-8)3-10-6-1-2-14-4-6/h5-6,10H,1-4H2,(H,12,13). The average molecular weight is 228 g/mol. The summed E-state index contributed by atoms with van der Waals surface area (Å²) in [5, 5.41) is 13.9. The lowest BCUT2D eigenvalue weighted by Crippen LogP contribution is -2.28. The molecule has 0 spiro atoms. The van der Waals surface area contributed by atoms with Gasteiger partial charge < -0.3 is 15.2 Å². The zero-order valence-electron chi connectivity index (χ0n) is 8.10. The molecule has 1 aromatic rings. The van der Waals surface area contributed by atoms with Gasteiger partial charge in [-0.2, -0.15) is 0 Å². The number of nitrogens with zero attached hydrogens (tertiary/aromatic N) is 1. The first-order valence-corrected chi connectivity index (χ1v) is 5.62. The third-order valence-corrected chi connectivity index (χ3v) is 3.12. The summed E-state index contributed by atoms with van der Waals surface area (Å²) < 4.78 is 5.21. The molecule has 1 saturated heterocycles. The molecule has 82 valence electrons. The number of thiazole rings is 1. The third kappa shape index (κ3) is 2.74. The number of ether oxygens (including phenoxy) is 1. The Kier molecular flexibility index (Phi) is 3.30. The summed E-state index contributed by atoms with van der Waals surface area (Å²) in [4.78, 5) is 14.6. The molecular formula is C9H12N2O3S. The number of nitrogens with one attached hydrogen (secondary N) is 1. The van der Waals surface area contributed by atoms with Crippen LogP contribution in [0.3, 0.4) is 0 Å². The number of aromatic carboxylic acids is 1. The van der Waals surface area contributed by atoms with Crippen molar-refractivity contribution >= 4 is 17.3 Å². The number of aromatic nitrogens is 1. The summed E-state index contributed by atoms with van der Waals surface area (Å²) in [5.74, 6) is -0.963. The van der Waals surface area contributed by atoms with Gasteiger partial charge in [0, 0.05) is 24.6 Å². The molecule has 15 heavy (non-hydrogen) atoms. The summed E-state index contributed by atoms with van der Waals surface area (Å²) in [5.41, 5.74) is 0.782. The fourth-order valence-electron chi connectivity index (χ4n) is 1.43. The number of hydrogen-bond donors (Lipinski definition) is 2. The normalized spacial score (nSPS) is 20.7. The second-order valence-electron chi connectivity index (χ2n) is 3.39. The zero-order chi connectivity index (χ0) is 10.7. The Labute approximate surface area is 91.1 Å². The van der Waals surface area contributed by atoms with Crippen LogP contribution >= 0.6 is 11.3 Å². The van der Waals surface area contributed by atoms with Crippen molar-refractivity contribution in [3.63, 3.8) is 0 Å². The molecule has 0 aromatic carbocycles. The molecule has 0 saturated carbocycles. The quantitative estimate of drug-likeness (QED) is 0.794. The van der Waals surface area contributed by atoms with Gasteiger partial charge in [-0.3, -0.25) is 0 Å². The highest BCUT2D eigenvalue weighted by atomic mass is 32.1. The molecule has 5 nitrogen and oxygen atoms in total. The van der Waals surface area contributed by atoms with Crippen LogP contribution in [0.15, 0.2) is 5.38 Å². The molecule has 0 amide bonds. The van der Waals surface area contributed by atoms with Gasteiger partial charge in [0.25, 0.3) is 0 Å². The van der Waals surface area contributed by atoms with Crippen molar-refractivity contribution in [3.05, 3.63) is 16.1 Å². The average Bonchev–Trinajstić information content (AvgIpc) is 2.86. The molecule has 0 aliphatic carbocycles. The molecular weight excluding hydrogens is 216 g/mol. The van der Waals surface area contributed by atoms with Crippen LogP contribution < -0.4 is 5.32 Å². The van der Waals surface area contributed by atoms with E-state index in [1.54, 1.807) is 5.38 Å². The minimum Gasteiger partial charge on any atom is -0.476 e. The maximum absolute atomic E-state index is 10.6. The van der Waals surface area contributed by atoms with Crippen molar-refractivity contribution in [1.82, 2.24) is 10.3 Å². The van der Waals surface area contributed by atoms with Crippen molar-refractivity contribution in [2.75, 3.05) is 13.2 Å². The van der Waals surface area contributed by atoms with E-state index in [0.29, 0.717) is 12.6 Å². The Morgan fingerprint density at radius 1 is 1.80 bits per heavy atom. The summed E-state index contributed by atoms with van der Waals surface area (Å²) in [6.07, 6.45) is 1.01. The lowest BCUT2D eigenvalue weighted by Gasteiger charge is -2.07. The summed E-state index contributed by atoms with van der Waals surface area (Å²) in [7, 11) is 0. The van der Waals surface area contributed by atoms with Gasteiger partial charge in [0.15, 0.2) is 0 Å². The second kappa shape index (κ2) is 4.69. The molecule has 1 aliphatic heterocycles. The van der Waals surface area contributed by atoms with Crippen molar-refractivity contribution in [3.8, 4) is 0 Å². The van der Waals surface area contributed by atoms with Crippen LogP contribution in [0, 0.1) is 0 Å². The first-order valence-electron chi connectivity index (χ1n) is 4.74. The van der Waals surface area contributed by atoms with Crippen molar-refractivity contribution in [2.45, 2.75) is 19.0 Å². The van der Waals surface area contributed by atoms with Crippen LogP contribution in [0.4, 0.5) is 0 Å². The Morgan fingerprint density at radius 2 is 2.67 bits per heavy atom. The smallest absolute Gasteiger partial charge is 0.365 e. The van der Waals surface area contributed by atoms with E-state index in [-0.39, 0.29) is 5.01 Å². The van der Waals surface area contributed by atoms with Gasteiger partial charge in [0.1, 0.15) is 0 Å².